The summed E-state index contributed by atoms with van der Waals surface area (Å²) >= 11 is 0. The molecule has 0 bridgehead atoms. The lowest BCUT2D eigenvalue weighted by molar-refractivity contribution is -0.167. The van der Waals surface area contributed by atoms with Crippen LogP contribution in [0.2, 0.25) is 0 Å². The quantitative estimate of drug-likeness (QED) is 0.0262. The number of ether oxygens (including phenoxy) is 3. The summed E-state index contributed by atoms with van der Waals surface area (Å²) in [6.07, 6.45) is 71.0. The van der Waals surface area contributed by atoms with Gasteiger partial charge in [0.15, 0.2) is 6.10 Å². The molecule has 6 nitrogen and oxygen atoms in total. The SMILES string of the molecule is CCCC/C=C\C/C=C\CCCCCCCC(=O)OCC(COC(=O)CCCCCCCCCCCCCCCCCCCCC)OC(=O)CCCCCCCCC/C=C\C/C=C\CCCCCC. The predicted molar refractivity (Wildman–Crippen MR) is 298 cm³/mol. The van der Waals surface area contributed by atoms with E-state index in [9.17, 15) is 14.4 Å². The summed E-state index contributed by atoms with van der Waals surface area (Å²) < 4.78 is 16.9. The van der Waals surface area contributed by atoms with Crippen LogP contribution in [0.1, 0.15) is 316 Å². The number of hydrogen-bond donors (Lipinski definition) is 0. The van der Waals surface area contributed by atoms with Crippen LogP contribution in [0.25, 0.3) is 0 Å². The van der Waals surface area contributed by atoms with Gasteiger partial charge in [-0.15, -0.1) is 0 Å². The summed E-state index contributed by atoms with van der Waals surface area (Å²) in [5.41, 5.74) is 0. The van der Waals surface area contributed by atoms with Crippen molar-refractivity contribution in [1.82, 2.24) is 0 Å². The van der Waals surface area contributed by atoms with Crippen molar-refractivity contribution in [3.63, 3.8) is 0 Å². The predicted octanol–water partition coefficient (Wildman–Crippen LogP) is 20.2. The molecule has 0 aliphatic heterocycles. The number of carbonyl (C=O) groups excluding carboxylic acids is 3. The molecule has 0 spiro atoms. The Morgan fingerprint density at radius 3 is 0.855 bits per heavy atom. The summed E-state index contributed by atoms with van der Waals surface area (Å²) in [6, 6.07) is 0. The second kappa shape index (κ2) is 57.9. The van der Waals surface area contributed by atoms with E-state index < -0.39 is 6.10 Å². The Bertz CT molecular complexity index is 1200. The van der Waals surface area contributed by atoms with E-state index in [0.717, 1.165) is 89.9 Å². The highest BCUT2D eigenvalue weighted by Gasteiger charge is 2.19. The van der Waals surface area contributed by atoms with Crippen molar-refractivity contribution in [2.24, 2.45) is 0 Å². The molecule has 0 aliphatic carbocycles. The number of hydrogen-bond acceptors (Lipinski definition) is 6. The van der Waals surface area contributed by atoms with Crippen molar-refractivity contribution >= 4 is 17.9 Å². The molecule has 0 saturated carbocycles. The smallest absolute Gasteiger partial charge is 0.306 e. The molecule has 0 amide bonds. The molecule has 0 rings (SSSR count). The maximum atomic E-state index is 12.9. The first kappa shape index (κ1) is 66.4. The monoisotopic (exact) mass is 967 g/mol. The number of esters is 3. The number of carbonyl (C=O) groups is 3. The third-order valence-corrected chi connectivity index (χ3v) is 13.3. The summed E-state index contributed by atoms with van der Waals surface area (Å²) in [6.45, 7) is 6.61. The topological polar surface area (TPSA) is 78.9 Å². The van der Waals surface area contributed by atoms with Crippen LogP contribution in [0.4, 0.5) is 0 Å². The third-order valence-electron chi connectivity index (χ3n) is 13.3. The number of rotatable bonds is 55. The van der Waals surface area contributed by atoms with Crippen molar-refractivity contribution in [3.8, 4) is 0 Å². The molecule has 0 N–H and O–H groups in total. The largest absolute Gasteiger partial charge is 0.462 e. The first-order chi connectivity index (χ1) is 34.0. The lowest BCUT2D eigenvalue weighted by Crippen LogP contribution is -2.30. The average Bonchev–Trinajstić information content (AvgIpc) is 3.35. The molecule has 0 fully saturated rings. The van der Waals surface area contributed by atoms with E-state index >= 15 is 0 Å². The Balaban J connectivity index is 4.35. The molecule has 1 unspecified atom stereocenters. The number of unbranched alkanes of at least 4 members (excludes halogenated alkanes) is 36. The first-order valence-corrected chi connectivity index (χ1v) is 30.1. The maximum absolute atomic E-state index is 12.9. The van der Waals surface area contributed by atoms with E-state index in [2.05, 4.69) is 69.4 Å². The van der Waals surface area contributed by atoms with Gasteiger partial charge in [0, 0.05) is 19.3 Å². The van der Waals surface area contributed by atoms with Crippen LogP contribution < -0.4 is 0 Å². The van der Waals surface area contributed by atoms with Crippen LogP contribution >= 0.6 is 0 Å². The fourth-order valence-electron chi connectivity index (χ4n) is 8.73. The Morgan fingerprint density at radius 1 is 0.290 bits per heavy atom. The molecule has 1 atom stereocenters. The van der Waals surface area contributed by atoms with Gasteiger partial charge in [0.1, 0.15) is 13.2 Å². The van der Waals surface area contributed by atoms with E-state index in [1.165, 1.54) is 186 Å². The van der Waals surface area contributed by atoms with E-state index in [1.54, 1.807) is 0 Å². The van der Waals surface area contributed by atoms with Crippen LogP contribution in [0, 0.1) is 0 Å². The lowest BCUT2D eigenvalue weighted by atomic mass is 10.0. The average molecular weight is 968 g/mol. The van der Waals surface area contributed by atoms with Gasteiger partial charge in [-0.25, -0.2) is 0 Å². The highest BCUT2D eigenvalue weighted by atomic mass is 16.6. The van der Waals surface area contributed by atoms with Crippen LogP contribution in [0.5, 0.6) is 0 Å². The Labute approximate surface area is 428 Å². The molecule has 6 heteroatoms. The van der Waals surface area contributed by atoms with E-state index in [0.29, 0.717) is 19.3 Å². The van der Waals surface area contributed by atoms with Gasteiger partial charge in [0.2, 0.25) is 0 Å². The maximum Gasteiger partial charge on any atom is 0.306 e. The van der Waals surface area contributed by atoms with E-state index in [-0.39, 0.29) is 31.1 Å². The Morgan fingerprint density at radius 2 is 0.536 bits per heavy atom. The lowest BCUT2D eigenvalue weighted by Gasteiger charge is -2.18. The standard InChI is InChI=1S/C63H114O6/c1-4-7-10-13-16-19-22-25-28-30-32-34-35-38-41-44-47-50-53-56-62(65)68-59-60(58-67-61(64)55-52-49-46-43-40-37-27-24-21-18-15-12-9-6-3)69-63(66)57-54-51-48-45-42-39-36-33-31-29-26-23-20-17-14-11-8-5-2/h15,18,20,23-24,27,29,31,60H,4-14,16-17,19,21-22,25-26,28,30,32-59H2,1-3H3/b18-15-,23-20-,27-24-,31-29-. The minimum absolute atomic E-state index is 0.0778. The molecule has 0 saturated heterocycles. The molecule has 0 aromatic heterocycles. The van der Waals surface area contributed by atoms with Crippen molar-refractivity contribution in [2.75, 3.05) is 13.2 Å². The second-order valence-electron chi connectivity index (χ2n) is 20.3. The summed E-state index contributed by atoms with van der Waals surface area (Å²) in [5, 5.41) is 0. The van der Waals surface area contributed by atoms with Crippen molar-refractivity contribution in [2.45, 2.75) is 322 Å². The molecule has 0 aromatic rings. The van der Waals surface area contributed by atoms with E-state index in [1.807, 2.05) is 0 Å². The fraction of sp³-hybridized carbons (Fsp3) is 0.825. The van der Waals surface area contributed by atoms with Crippen molar-refractivity contribution < 1.29 is 28.6 Å². The van der Waals surface area contributed by atoms with E-state index in [4.69, 9.17) is 14.2 Å². The van der Waals surface area contributed by atoms with Crippen LogP contribution in [0.15, 0.2) is 48.6 Å². The minimum atomic E-state index is -0.781. The van der Waals surface area contributed by atoms with Gasteiger partial charge in [0.05, 0.1) is 0 Å². The number of allylic oxidation sites excluding steroid dienone is 8. The molecule has 69 heavy (non-hydrogen) atoms. The molecule has 0 radical (unpaired) electrons. The van der Waals surface area contributed by atoms with Crippen LogP contribution in [0.3, 0.4) is 0 Å². The van der Waals surface area contributed by atoms with Crippen molar-refractivity contribution in [1.29, 1.82) is 0 Å². The van der Waals surface area contributed by atoms with Gasteiger partial charge < -0.3 is 14.2 Å². The minimum Gasteiger partial charge on any atom is -0.462 e. The Kier molecular flexibility index (Phi) is 55.7. The molecule has 0 heterocycles. The van der Waals surface area contributed by atoms with Gasteiger partial charge in [-0.1, -0.05) is 268 Å². The zero-order valence-electron chi connectivity index (χ0n) is 46.1. The Hall–Kier alpha value is -2.63. The first-order valence-electron chi connectivity index (χ1n) is 30.1. The van der Waals surface area contributed by atoms with Crippen LogP contribution in [-0.4, -0.2) is 37.2 Å². The van der Waals surface area contributed by atoms with Gasteiger partial charge in [-0.05, 0) is 77.0 Å². The molecule has 402 valence electrons. The van der Waals surface area contributed by atoms with Crippen molar-refractivity contribution in [3.05, 3.63) is 48.6 Å². The van der Waals surface area contributed by atoms with Gasteiger partial charge >= 0.3 is 17.9 Å². The van der Waals surface area contributed by atoms with Gasteiger partial charge in [-0.3, -0.25) is 14.4 Å². The highest BCUT2D eigenvalue weighted by molar-refractivity contribution is 5.71. The second-order valence-corrected chi connectivity index (χ2v) is 20.3. The van der Waals surface area contributed by atoms with Crippen LogP contribution in [-0.2, 0) is 28.6 Å². The zero-order valence-corrected chi connectivity index (χ0v) is 46.1. The van der Waals surface area contributed by atoms with Gasteiger partial charge in [0.25, 0.3) is 0 Å². The summed E-state index contributed by atoms with van der Waals surface area (Å²) in [7, 11) is 0. The molecule has 0 aliphatic rings. The zero-order chi connectivity index (χ0) is 50.0. The molecular formula is C63H114O6. The van der Waals surface area contributed by atoms with Gasteiger partial charge in [-0.2, -0.15) is 0 Å². The normalized spacial score (nSPS) is 12.3. The summed E-state index contributed by atoms with van der Waals surface area (Å²) in [5.74, 6) is -0.883. The summed E-state index contributed by atoms with van der Waals surface area (Å²) in [4.78, 5) is 38.2. The third kappa shape index (κ3) is 56.2. The molecular weight excluding hydrogens is 853 g/mol. The molecule has 0 aromatic carbocycles. The highest BCUT2D eigenvalue weighted by Crippen LogP contribution is 2.17. The fourth-order valence-corrected chi connectivity index (χ4v) is 8.73.